The Morgan fingerprint density at radius 2 is 1.67 bits per heavy atom. The van der Waals surface area contributed by atoms with E-state index >= 15 is 0 Å². The number of para-hydroxylation sites is 2. The van der Waals surface area contributed by atoms with E-state index in [4.69, 9.17) is 15.2 Å². The molecule has 0 aliphatic carbocycles. The first-order valence-electron chi connectivity index (χ1n) is 5.58. The lowest BCUT2D eigenvalue weighted by molar-refractivity contribution is 0.355. The number of nitrogen functional groups attached to an aromatic ring is 1. The van der Waals surface area contributed by atoms with Crippen LogP contribution < -0.4 is 20.5 Å². The molecule has 0 aliphatic rings. The Hall–Kier alpha value is -2.36. The molecule has 0 amide bonds. The van der Waals surface area contributed by atoms with Crippen molar-refractivity contribution in [3.8, 4) is 11.5 Å². The van der Waals surface area contributed by atoms with E-state index in [1.54, 1.807) is 14.2 Å². The van der Waals surface area contributed by atoms with Crippen molar-refractivity contribution in [2.45, 2.75) is 0 Å². The monoisotopic (exact) mass is 244 g/mol. The number of nitrogens with two attached hydrogens (primary N) is 1. The Labute approximate surface area is 106 Å². The van der Waals surface area contributed by atoms with Crippen LogP contribution in [-0.4, -0.2) is 14.2 Å². The van der Waals surface area contributed by atoms with Crippen LogP contribution in [0.5, 0.6) is 11.5 Å². The number of methoxy groups -OCH3 is 2. The molecule has 4 nitrogen and oxygen atoms in total. The third-order valence-corrected chi connectivity index (χ3v) is 2.62. The van der Waals surface area contributed by atoms with Crippen molar-refractivity contribution in [1.82, 2.24) is 0 Å². The predicted molar refractivity (Wildman–Crippen MR) is 73.7 cm³/mol. The maximum absolute atomic E-state index is 5.88. The number of anilines is 3. The van der Waals surface area contributed by atoms with Gasteiger partial charge in [0.1, 0.15) is 0 Å². The summed E-state index contributed by atoms with van der Waals surface area (Å²) in [5, 5.41) is 3.24. The second-order valence-corrected chi connectivity index (χ2v) is 3.78. The number of hydrogen-bond acceptors (Lipinski definition) is 4. The molecule has 3 N–H and O–H groups in total. The highest BCUT2D eigenvalue weighted by Gasteiger charge is 2.05. The molecule has 0 unspecified atom stereocenters. The summed E-state index contributed by atoms with van der Waals surface area (Å²) in [6, 6.07) is 13.2. The van der Waals surface area contributed by atoms with Crippen molar-refractivity contribution >= 4 is 17.1 Å². The van der Waals surface area contributed by atoms with Crippen molar-refractivity contribution in [2.24, 2.45) is 0 Å². The van der Waals surface area contributed by atoms with Gasteiger partial charge in [0.05, 0.1) is 25.6 Å². The van der Waals surface area contributed by atoms with E-state index in [9.17, 15) is 0 Å². The minimum absolute atomic E-state index is 0.678. The van der Waals surface area contributed by atoms with Gasteiger partial charge in [-0.15, -0.1) is 0 Å². The van der Waals surface area contributed by atoms with Crippen LogP contribution in [0.1, 0.15) is 0 Å². The molecule has 0 radical (unpaired) electrons. The Morgan fingerprint density at radius 3 is 2.33 bits per heavy atom. The van der Waals surface area contributed by atoms with Gasteiger partial charge in [-0.1, -0.05) is 12.1 Å². The molecule has 0 saturated heterocycles. The second-order valence-electron chi connectivity index (χ2n) is 3.78. The lowest BCUT2D eigenvalue weighted by atomic mass is 10.2. The minimum Gasteiger partial charge on any atom is -0.493 e. The number of hydrogen-bond donors (Lipinski definition) is 2. The molecule has 0 bridgehead atoms. The van der Waals surface area contributed by atoms with Gasteiger partial charge in [-0.25, -0.2) is 0 Å². The zero-order chi connectivity index (χ0) is 13.0. The number of benzene rings is 2. The highest BCUT2D eigenvalue weighted by atomic mass is 16.5. The third-order valence-electron chi connectivity index (χ3n) is 2.62. The van der Waals surface area contributed by atoms with E-state index in [2.05, 4.69) is 5.32 Å². The summed E-state index contributed by atoms with van der Waals surface area (Å²) in [6.07, 6.45) is 0. The summed E-state index contributed by atoms with van der Waals surface area (Å²) >= 11 is 0. The summed E-state index contributed by atoms with van der Waals surface area (Å²) in [5.41, 5.74) is 8.34. The van der Waals surface area contributed by atoms with Crippen LogP contribution in [0.2, 0.25) is 0 Å². The van der Waals surface area contributed by atoms with Crippen LogP contribution in [0.25, 0.3) is 0 Å². The van der Waals surface area contributed by atoms with Crippen molar-refractivity contribution < 1.29 is 9.47 Å². The largest absolute Gasteiger partial charge is 0.493 e. The normalized spacial score (nSPS) is 9.89. The van der Waals surface area contributed by atoms with Gasteiger partial charge in [0, 0.05) is 11.8 Å². The van der Waals surface area contributed by atoms with Crippen molar-refractivity contribution in [2.75, 3.05) is 25.3 Å². The topological polar surface area (TPSA) is 56.5 Å². The van der Waals surface area contributed by atoms with Crippen LogP contribution in [0, 0.1) is 0 Å². The lowest BCUT2D eigenvalue weighted by Gasteiger charge is -2.12. The van der Waals surface area contributed by atoms with Crippen LogP contribution >= 0.6 is 0 Å². The fourth-order valence-electron chi connectivity index (χ4n) is 1.68. The standard InChI is InChI=1S/C14H16N2O2/c1-17-13-8-7-10(9-14(13)18-2)16-12-6-4-3-5-11(12)15/h3-9,16H,15H2,1-2H3. The van der Waals surface area contributed by atoms with E-state index in [1.165, 1.54) is 0 Å². The van der Waals surface area contributed by atoms with Gasteiger partial charge in [-0.2, -0.15) is 0 Å². The molecule has 2 rings (SSSR count). The number of nitrogens with one attached hydrogen (secondary N) is 1. The van der Waals surface area contributed by atoms with E-state index in [1.807, 2.05) is 42.5 Å². The molecule has 4 heteroatoms. The van der Waals surface area contributed by atoms with E-state index in [0.29, 0.717) is 17.2 Å². The first-order valence-corrected chi connectivity index (χ1v) is 5.58. The molecule has 0 aromatic heterocycles. The Balaban J connectivity index is 2.27. The molecule has 0 spiro atoms. The van der Waals surface area contributed by atoms with Crippen LogP contribution in [0.3, 0.4) is 0 Å². The predicted octanol–water partition coefficient (Wildman–Crippen LogP) is 3.03. The Morgan fingerprint density at radius 1 is 0.944 bits per heavy atom. The van der Waals surface area contributed by atoms with Crippen LogP contribution in [-0.2, 0) is 0 Å². The first-order chi connectivity index (χ1) is 8.74. The van der Waals surface area contributed by atoms with Crippen molar-refractivity contribution in [3.63, 3.8) is 0 Å². The maximum atomic E-state index is 5.88. The maximum Gasteiger partial charge on any atom is 0.162 e. The van der Waals surface area contributed by atoms with Gasteiger partial charge in [-0.05, 0) is 24.3 Å². The second kappa shape index (κ2) is 5.31. The number of ether oxygens (including phenoxy) is 2. The molecule has 0 fully saturated rings. The summed E-state index contributed by atoms with van der Waals surface area (Å²) in [7, 11) is 3.22. The highest BCUT2D eigenvalue weighted by molar-refractivity contribution is 5.73. The van der Waals surface area contributed by atoms with Crippen molar-refractivity contribution in [3.05, 3.63) is 42.5 Å². The lowest BCUT2D eigenvalue weighted by Crippen LogP contribution is -1.97. The van der Waals surface area contributed by atoms with E-state index in [-0.39, 0.29) is 0 Å². The summed E-state index contributed by atoms with van der Waals surface area (Å²) < 4.78 is 10.4. The molecule has 0 aliphatic heterocycles. The Bertz CT molecular complexity index is 541. The van der Waals surface area contributed by atoms with Gasteiger partial charge >= 0.3 is 0 Å². The molecule has 2 aromatic rings. The van der Waals surface area contributed by atoms with Gasteiger partial charge in [0.2, 0.25) is 0 Å². The highest BCUT2D eigenvalue weighted by Crippen LogP contribution is 2.32. The molecule has 0 heterocycles. The molecule has 94 valence electrons. The fourth-order valence-corrected chi connectivity index (χ4v) is 1.68. The molecule has 0 atom stereocenters. The smallest absolute Gasteiger partial charge is 0.162 e. The summed E-state index contributed by atoms with van der Waals surface area (Å²) in [5.74, 6) is 1.38. The fraction of sp³-hybridized carbons (Fsp3) is 0.143. The minimum atomic E-state index is 0.678. The third kappa shape index (κ3) is 2.48. The number of rotatable bonds is 4. The quantitative estimate of drug-likeness (QED) is 0.812. The van der Waals surface area contributed by atoms with Crippen LogP contribution in [0.15, 0.2) is 42.5 Å². The molecule has 18 heavy (non-hydrogen) atoms. The molecule has 2 aromatic carbocycles. The van der Waals surface area contributed by atoms with Gasteiger partial charge < -0.3 is 20.5 Å². The van der Waals surface area contributed by atoms with Gasteiger partial charge in [0.15, 0.2) is 11.5 Å². The average Bonchev–Trinajstić information content (AvgIpc) is 2.41. The van der Waals surface area contributed by atoms with Crippen molar-refractivity contribution in [1.29, 1.82) is 0 Å². The Kier molecular flexibility index (Phi) is 3.57. The SMILES string of the molecule is COc1ccc(Nc2ccccc2N)cc1OC. The van der Waals surface area contributed by atoms with Gasteiger partial charge in [0.25, 0.3) is 0 Å². The van der Waals surface area contributed by atoms with Gasteiger partial charge in [-0.3, -0.25) is 0 Å². The zero-order valence-corrected chi connectivity index (χ0v) is 10.4. The summed E-state index contributed by atoms with van der Waals surface area (Å²) in [6.45, 7) is 0. The van der Waals surface area contributed by atoms with E-state index in [0.717, 1.165) is 11.4 Å². The van der Waals surface area contributed by atoms with E-state index < -0.39 is 0 Å². The van der Waals surface area contributed by atoms with Crippen LogP contribution in [0.4, 0.5) is 17.1 Å². The molecular weight excluding hydrogens is 228 g/mol. The average molecular weight is 244 g/mol. The zero-order valence-electron chi connectivity index (χ0n) is 10.4. The summed E-state index contributed by atoms with van der Waals surface area (Å²) in [4.78, 5) is 0. The molecular formula is C14H16N2O2. The molecule has 0 saturated carbocycles. The first kappa shape index (κ1) is 12.1.